The van der Waals surface area contributed by atoms with Crippen LogP contribution >= 0.6 is 0 Å². The molecule has 296 valence electrons. The fourth-order valence-electron chi connectivity index (χ4n) is 6.64. The summed E-state index contributed by atoms with van der Waals surface area (Å²) in [7, 11) is 0. The molecule has 0 aromatic rings. The van der Waals surface area contributed by atoms with Crippen molar-refractivity contribution in [3.8, 4) is 0 Å². The van der Waals surface area contributed by atoms with Gasteiger partial charge in [-0.05, 0) is 0 Å². The summed E-state index contributed by atoms with van der Waals surface area (Å²) >= 11 is 0. The molecule has 0 amide bonds. The van der Waals surface area contributed by atoms with Gasteiger partial charge in [-0.15, -0.1) is 0 Å². The largest absolute Gasteiger partial charge is 0.309 e. The Morgan fingerprint density at radius 2 is 0.321 bits per heavy atom. The van der Waals surface area contributed by atoms with E-state index in [-0.39, 0.29) is 0 Å². The maximum atomic E-state index is 17.2. The first-order valence-corrected chi connectivity index (χ1v) is 12.4. The fourth-order valence-corrected chi connectivity index (χ4v) is 6.64. The standard InChI is InChI=1S/C24BF28/c26-1-5(30)13(38)21(46,47)17(42,9(1)34)25(18(43)10(35)2(27)6(31)14(39)22(18,48)49,19(44)11(36)3(28)7(32)15(40)23(19,50)51)20(45)12(37)4(29)8(33)16(41)24(20,52)53/q-1. The average molecular weight is 831 g/mol. The second-order valence-electron chi connectivity index (χ2n) is 11.0. The van der Waals surface area contributed by atoms with Gasteiger partial charge in [0.25, 0.3) is 0 Å². The van der Waals surface area contributed by atoms with Gasteiger partial charge in [0.1, 0.15) is 45.6 Å². The molecular weight excluding hydrogens is 831 g/mol. The highest BCUT2D eigenvalue weighted by molar-refractivity contribution is 6.93. The third kappa shape index (κ3) is 3.78. The second-order valence-corrected chi connectivity index (χ2v) is 11.0. The summed E-state index contributed by atoms with van der Waals surface area (Å²) in [5, 5.41) is 0. The molecule has 0 saturated heterocycles. The lowest BCUT2D eigenvalue weighted by Gasteiger charge is -2.70. The van der Waals surface area contributed by atoms with Gasteiger partial charge in [-0.3, -0.25) is 17.6 Å². The SMILES string of the molecule is FC1=C(F)C(F)(F)C(F)([B-](C2(F)C(F)=C(F)C(F)=C(F)C2(F)F)(C2(F)C(F)=C(F)C(F)=C(F)C2(F)F)C2(F)C(F)=C(F)C(F)=C(F)C2(F)F)C(F)=C1F. The molecule has 0 heterocycles. The monoisotopic (exact) mass is 831 g/mol. The number of halogens is 28. The average Bonchev–Trinajstić information content (AvgIpc) is 3.09. The van der Waals surface area contributed by atoms with Gasteiger partial charge in [0.15, 0.2) is 46.6 Å². The minimum absolute atomic E-state index is 4.54. The molecular formula is C24BF28-. The maximum absolute atomic E-state index is 17.2. The second kappa shape index (κ2) is 11.1. The molecule has 53 heavy (non-hydrogen) atoms. The molecule has 0 fully saturated rings. The minimum Gasteiger partial charge on any atom is -0.272 e. The highest BCUT2D eigenvalue weighted by atomic mass is 19.3. The van der Waals surface area contributed by atoms with E-state index in [0.29, 0.717) is 0 Å². The Morgan fingerprint density at radius 1 is 0.208 bits per heavy atom. The Labute approximate surface area is 269 Å². The van der Waals surface area contributed by atoms with Gasteiger partial charge in [0.2, 0.25) is 29.5 Å². The van der Waals surface area contributed by atoms with Gasteiger partial charge >= 0.3 is 23.7 Å². The number of hydrogen-bond donors (Lipinski definition) is 0. The van der Waals surface area contributed by atoms with Crippen LogP contribution in [0.25, 0.3) is 0 Å². The number of allylic oxidation sites excluding steroid dienone is 16. The summed E-state index contributed by atoms with van der Waals surface area (Å²) < 4.78 is 428. The van der Waals surface area contributed by atoms with E-state index in [4.69, 9.17) is 0 Å². The number of rotatable bonds is 4. The van der Waals surface area contributed by atoms with Gasteiger partial charge in [-0.2, -0.15) is 35.1 Å². The van der Waals surface area contributed by atoms with Gasteiger partial charge in [0, 0.05) is 0 Å². The maximum Gasteiger partial charge on any atom is 0.309 e. The van der Waals surface area contributed by atoms with E-state index in [1.165, 1.54) is 0 Å². The van der Waals surface area contributed by atoms with E-state index < -0.39 is 145 Å². The molecule has 4 rings (SSSR count). The third-order valence-corrected chi connectivity index (χ3v) is 8.91. The van der Waals surface area contributed by atoms with Crippen molar-refractivity contribution in [2.45, 2.75) is 46.0 Å². The molecule has 4 aliphatic carbocycles. The van der Waals surface area contributed by atoms with E-state index in [9.17, 15) is 52.7 Å². The van der Waals surface area contributed by atoms with Crippen LogP contribution in [0.2, 0.25) is 0 Å². The minimum atomic E-state index is -11.5. The summed E-state index contributed by atoms with van der Waals surface area (Å²) in [6, 6.07) is 0. The molecule has 4 aliphatic rings. The van der Waals surface area contributed by atoms with Crippen molar-refractivity contribution in [2.24, 2.45) is 0 Å². The number of alkyl halides is 12. The molecule has 0 aliphatic heterocycles. The zero-order chi connectivity index (χ0) is 41.7. The van der Waals surface area contributed by atoms with Gasteiger partial charge < -0.3 is 0 Å². The summed E-state index contributed by atoms with van der Waals surface area (Å²) in [6.07, 6.45) is -11.5. The lowest BCUT2D eigenvalue weighted by atomic mass is 8.97. The van der Waals surface area contributed by atoms with Gasteiger partial charge in [-0.1, -0.05) is 0 Å². The molecule has 4 unspecified atom stereocenters. The van der Waals surface area contributed by atoms with Crippen molar-refractivity contribution in [1.29, 1.82) is 0 Å². The Bertz CT molecular complexity index is 1720. The lowest BCUT2D eigenvalue weighted by molar-refractivity contribution is -0.164. The smallest absolute Gasteiger partial charge is 0.272 e. The normalized spacial score (nSPS) is 36.0. The Hall–Kier alpha value is -3.98. The summed E-state index contributed by atoms with van der Waals surface area (Å²) in [5.74, 6) is -117. The molecule has 0 radical (unpaired) electrons. The zero-order valence-electron chi connectivity index (χ0n) is 23.2. The first kappa shape index (κ1) is 41.8. The van der Waals surface area contributed by atoms with E-state index in [2.05, 4.69) is 0 Å². The van der Waals surface area contributed by atoms with Crippen molar-refractivity contribution < 1.29 is 123 Å². The first-order chi connectivity index (χ1) is 23.5. The molecule has 4 atom stereocenters. The van der Waals surface area contributed by atoms with Crippen molar-refractivity contribution in [3.05, 3.63) is 93.2 Å². The van der Waals surface area contributed by atoms with Crippen LogP contribution in [-0.4, -0.2) is 52.1 Å². The summed E-state index contributed by atoms with van der Waals surface area (Å²) in [4.78, 5) is 0. The van der Waals surface area contributed by atoms with Crippen LogP contribution in [0.3, 0.4) is 0 Å². The molecule has 0 aromatic carbocycles. The molecule has 29 heteroatoms. The summed E-state index contributed by atoms with van der Waals surface area (Å²) in [5.41, 5.74) is -37.6. The molecule has 0 spiro atoms. The van der Waals surface area contributed by atoms with Crippen LogP contribution < -0.4 is 0 Å². The topological polar surface area (TPSA) is 0 Å². The predicted octanol–water partition coefficient (Wildman–Crippen LogP) is 12.2. The van der Waals surface area contributed by atoms with Crippen LogP contribution in [0.5, 0.6) is 0 Å². The molecule has 0 nitrogen and oxygen atoms in total. The lowest BCUT2D eigenvalue weighted by Crippen LogP contribution is -2.98. The van der Waals surface area contributed by atoms with Gasteiger partial charge in [0.05, 0.1) is 0 Å². The van der Waals surface area contributed by atoms with Crippen molar-refractivity contribution >= 4 is 6.15 Å². The first-order valence-electron chi connectivity index (χ1n) is 12.4. The van der Waals surface area contributed by atoms with Crippen molar-refractivity contribution in [1.82, 2.24) is 0 Å². The number of hydrogen-bond acceptors (Lipinski definition) is 0. The van der Waals surface area contributed by atoms with Gasteiger partial charge in [-0.25, -0.2) is 70.2 Å². The van der Waals surface area contributed by atoms with Crippen LogP contribution in [-0.2, 0) is 0 Å². The molecule has 0 N–H and O–H groups in total. The van der Waals surface area contributed by atoms with E-state index >= 15 is 70.2 Å². The van der Waals surface area contributed by atoms with E-state index in [1.54, 1.807) is 0 Å². The van der Waals surface area contributed by atoms with Crippen molar-refractivity contribution in [3.63, 3.8) is 0 Å². The zero-order valence-corrected chi connectivity index (χ0v) is 23.2. The molecule has 0 aromatic heterocycles. The Morgan fingerprint density at radius 3 is 0.453 bits per heavy atom. The third-order valence-electron chi connectivity index (χ3n) is 8.91. The Balaban J connectivity index is 2.76. The quantitative estimate of drug-likeness (QED) is 0.196. The van der Waals surface area contributed by atoms with E-state index in [0.717, 1.165) is 0 Å². The van der Waals surface area contributed by atoms with Crippen LogP contribution in [0, 0.1) is 0 Å². The summed E-state index contributed by atoms with van der Waals surface area (Å²) in [6.45, 7) is 0. The predicted molar refractivity (Wildman–Crippen MR) is 115 cm³/mol. The molecule has 0 saturated carbocycles. The molecule has 0 bridgehead atoms. The van der Waals surface area contributed by atoms with Crippen LogP contribution in [0.15, 0.2) is 93.2 Å². The highest BCUT2D eigenvalue weighted by Gasteiger charge is 3.00. The van der Waals surface area contributed by atoms with Crippen LogP contribution in [0.1, 0.15) is 0 Å². The fraction of sp³-hybridized carbons (Fsp3) is 0.333. The van der Waals surface area contributed by atoms with Crippen molar-refractivity contribution in [2.75, 3.05) is 0 Å². The van der Waals surface area contributed by atoms with Crippen LogP contribution in [0.4, 0.5) is 123 Å². The van der Waals surface area contributed by atoms with E-state index in [1.807, 2.05) is 0 Å². The highest BCUT2D eigenvalue weighted by Crippen LogP contribution is 2.78. The Kier molecular flexibility index (Phi) is 8.71.